The number of aliphatic hydroxyl groups is 1. The number of carbonyl (C=O) groups excluding carboxylic acids is 1. The van der Waals surface area contributed by atoms with Gasteiger partial charge in [-0.2, -0.15) is 0 Å². The predicted octanol–water partition coefficient (Wildman–Crippen LogP) is 3.25. The zero-order valence-electron chi connectivity index (χ0n) is 19.0. The number of nitrogens with one attached hydrogen (secondary N) is 2. The highest BCUT2D eigenvalue weighted by atomic mass is 16.5. The molecule has 0 amide bonds. The Morgan fingerprint density at radius 3 is 2.38 bits per heavy atom. The van der Waals surface area contributed by atoms with E-state index in [1.165, 1.54) is 7.11 Å². The third-order valence-corrected chi connectivity index (χ3v) is 5.10. The van der Waals surface area contributed by atoms with Crippen molar-refractivity contribution in [3.8, 4) is 11.5 Å². The molecule has 0 aliphatic carbocycles. The number of nitrogens with zero attached hydrogens (tertiary/aromatic N) is 1. The van der Waals surface area contributed by atoms with Gasteiger partial charge in [-0.3, -0.25) is 10.2 Å². The number of benzene rings is 3. The maximum atomic E-state index is 13.6. The maximum Gasteiger partial charge on any atom is 0.209 e. The van der Waals surface area contributed by atoms with Crippen molar-refractivity contribution in [2.45, 2.75) is 13.0 Å². The summed E-state index contributed by atoms with van der Waals surface area (Å²) in [7, 11) is 1.52. The van der Waals surface area contributed by atoms with Crippen LogP contribution in [0.15, 0.2) is 78.0 Å². The van der Waals surface area contributed by atoms with Gasteiger partial charge in [0.1, 0.15) is 29.9 Å². The lowest BCUT2D eigenvalue weighted by molar-refractivity contribution is -0.113. The van der Waals surface area contributed by atoms with Crippen LogP contribution < -0.4 is 14.8 Å². The first-order chi connectivity index (χ1) is 16.5. The number of hydrogen-bond donors (Lipinski definition) is 3. The summed E-state index contributed by atoms with van der Waals surface area (Å²) in [6.07, 6.45) is 0. The van der Waals surface area contributed by atoms with Crippen LogP contribution in [0.4, 0.5) is 5.69 Å². The minimum Gasteiger partial charge on any atom is -0.497 e. The number of ketones is 1. The van der Waals surface area contributed by atoms with Crippen molar-refractivity contribution in [1.82, 2.24) is 0 Å². The minimum atomic E-state index is -0.925. The van der Waals surface area contributed by atoms with Crippen LogP contribution in [0.3, 0.4) is 0 Å². The molecular formula is C26H28N3O5+. The molecule has 1 unspecified atom stereocenters. The Labute approximate surface area is 198 Å². The number of Topliss-reactive ketones (excluding diaryl/α,β-unsaturated/α-hetero) is 1. The molecule has 8 heteroatoms. The van der Waals surface area contributed by atoms with E-state index in [-0.39, 0.29) is 24.6 Å². The summed E-state index contributed by atoms with van der Waals surface area (Å²) in [6, 6.07) is 20.3. The minimum absolute atomic E-state index is 0.0119. The predicted molar refractivity (Wildman–Crippen MR) is 132 cm³/mol. The highest BCUT2D eigenvalue weighted by Crippen LogP contribution is 2.30. The van der Waals surface area contributed by atoms with Crippen molar-refractivity contribution in [3.63, 3.8) is 0 Å². The summed E-state index contributed by atoms with van der Waals surface area (Å²) in [4.78, 5) is 13.6. The number of ether oxygens (including phenoxy) is 2. The molecule has 0 saturated heterocycles. The second-order valence-electron chi connectivity index (χ2n) is 7.52. The second-order valence-corrected chi connectivity index (χ2v) is 7.52. The van der Waals surface area contributed by atoms with Gasteiger partial charge in [0.15, 0.2) is 5.71 Å². The molecule has 3 rings (SSSR count). The molecule has 0 bridgehead atoms. The average molecular weight is 463 g/mol. The number of rotatable bonds is 11. The van der Waals surface area contributed by atoms with E-state index in [9.17, 15) is 4.79 Å². The SMILES string of the molecule is COc1cc(NC(C(=O)C(=N)/C(=N\[OH2+])c2ccccc2)c2ccc(C)cc2)cc(OCCO)c1. The Hall–Kier alpha value is -4.17. The van der Waals surface area contributed by atoms with Crippen molar-refractivity contribution in [2.24, 2.45) is 5.16 Å². The van der Waals surface area contributed by atoms with Gasteiger partial charge in [0.05, 0.1) is 18.9 Å². The van der Waals surface area contributed by atoms with E-state index in [0.29, 0.717) is 28.3 Å². The van der Waals surface area contributed by atoms with Gasteiger partial charge in [0.2, 0.25) is 5.78 Å². The van der Waals surface area contributed by atoms with Crippen LogP contribution in [-0.2, 0) is 4.79 Å². The van der Waals surface area contributed by atoms with Gasteiger partial charge in [0.25, 0.3) is 0 Å². The van der Waals surface area contributed by atoms with Crippen LogP contribution >= 0.6 is 0 Å². The number of carbonyl (C=O) groups is 1. The molecule has 34 heavy (non-hydrogen) atoms. The molecule has 0 spiro atoms. The Kier molecular flexibility index (Phi) is 8.37. The molecule has 3 aromatic carbocycles. The molecule has 3 aromatic rings. The summed E-state index contributed by atoms with van der Waals surface area (Å²) in [5.41, 5.74) is 2.34. The lowest BCUT2D eigenvalue weighted by Gasteiger charge is -2.21. The summed E-state index contributed by atoms with van der Waals surface area (Å²) in [5, 5.41) is 31.9. The number of methoxy groups -OCH3 is 1. The Bertz CT molecular complexity index is 1160. The molecule has 0 heterocycles. The molecule has 0 aromatic heterocycles. The van der Waals surface area contributed by atoms with Crippen LogP contribution in [0.2, 0.25) is 0 Å². The van der Waals surface area contributed by atoms with E-state index in [1.54, 1.807) is 42.5 Å². The zero-order chi connectivity index (χ0) is 24.5. The molecule has 0 aliphatic rings. The summed E-state index contributed by atoms with van der Waals surface area (Å²) >= 11 is 0. The van der Waals surface area contributed by atoms with Gasteiger partial charge >= 0.3 is 0 Å². The van der Waals surface area contributed by atoms with Crippen molar-refractivity contribution >= 4 is 22.9 Å². The van der Waals surface area contributed by atoms with Crippen LogP contribution in [0, 0.1) is 12.3 Å². The van der Waals surface area contributed by atoms with Crippen LogP contribution in [-0.4, -0.2) is 47.8 Å². The fourth-order valence-electron chi connectivity index (χ4n) is 3.37. The first kappa shape index (κ1) is 24.5. The van der Waals surface area contributed by atoms with E-state index in [0.717, 1.165) is 5.56 Å². The molecule has 0 fully saturated rings. The Balaban J connectivity index is 1.99. The maximum absolute atomic E-state index is 13.6. The topological polar surface area (TPSA) is 127 Å². The van der Waals surface area contributed by atoms with Gasteiger partial charge in [0, 0.05) is 29.4 Å². The average Bonchev–Trinajstić information content (AvgIpc) is 2.87. The Morgan fingerprint density at radius 1 is 1.09 bits per heavy atom. The van der Waals surface area contributed by atoms with Gasteiger partial charge in [-0.05, 0) is 12.5 Å². The number of anilines is 1. The third kappa shape index (κ3) is 5.99. The molecule has 0 saturated carbocycles. The van der Waals surface area contributed by atoms with E-state index in [4.69, 9.17) is 25.2 Å². The molecular weight excluding hydrogens is 434 g/mol. The molecule has 176 valence electrons. The normalized spacial score (nSPS) is 12.0. The van der Waals surface area contributed by atoms with E-state index < -0.39 is 11.8 Å². The summed E-state index contributed by atoms with van der Waals surface area (Å²) in [6.45, 7) is 1.91. The van der Waals surface area contributed by atoms with E-state index in [1.807, 2.05) is 37.3 Å². The van der Waals surface area contributed by atoms with Crippen LogP contribution in [0.25, 0.3) is 0 Å². The highest BCUT2D eigenvalue weighted by Gasteiger charge is 2.29. The third-order valence-electron chi connectivity index (χ3n) is 5.10. The standard InChI is InChI=1S/C26H27N3O5/c1-17-8-10-19(11-9-17)25(26(31)23(27)24(29-32)18-6-4-3-5-7-18)28-20-14-21(33-2)16-22(15-20)34-13-12-30/h3-11,14-16,25,27-28,30,32H,12-13H2,1-2H3/p+1/b27-23?,29-24-. The van der Waals surface area contributed by atoms with Crippen molar-refractivity contribution in [1.29, 1.82) is 5.41 Å². The fourth-order valence-corrected chi connectivity index (χ4v) is 3.37. The highest BCUT2D eigenvalue weighted by molar-refractivity contribution is 6.70. The second kappa shape index (κ2) is 11.6. The number of hydrogen-bond acceptors (Lipinski definition) is 7. The first-order valence-corrected chi connectivity index (χ1v) is 10.7. The van der Waals surface area contributed by atoms with E-state index >= 15 is 0 Å². The lowest BCUT2D eigenvalue weighted by atomic mass is 9.94. The van der Waals surface area contributed by atoms with Gasteiger partial charge in [-0.25, -0.2) is 0 Å². The van der Waals surface area contributed by atoms with Gasteiger partial charge in [-0.1, -0.05) is 60.2 Å². The monoisotopic (exact) mass is 462 g/mol. The molecule has 1 atom stereocenters. The molecule has 5 N–H and O–H groups in total. The quantitative estimate of drug-likeness (QED) is 0.229. The largest absolute Gasteiger partial charge is 0.497 e. The van der Waals surface area contributed by atoms with Crippen molar-refractivity contribution in [2.75, 3.05) is 25.6 Å². The van der Waals surface area contributed by atoms with Crippen LogP contribution in [0.5, 0.6) is 11.5 Å². The van der Waals surface area contributed by atoms with Crippen LogP contribution in [0.1, 0.15) is 22.7 Å². The summed E-state index contributed by atoms with van der Waals surface area (Å²) in [5.74, 6) is 0.416. The van der Waals surface area contributed by atoms with Crippen molar-refractivity contribution in [3.05, 3.63) is 89.5 Å². The Morgan fingerprint density at radius 2 is 1.76 bits per heavy atom. The van der Waals surface area contributed by atoms with Crippen molar-refractivity contribution < 1.29 is 24.6 Å². The molecule has 0 radical (unpaired) electrons. The fraction of sp³-hybridized carbons (Fsp3) is 0.192. The van der Waals surface area contributed by atoms with E-state index in [2.05, 4.69) is 10.5 Å². The number of aliphatic hydroxyl groups excluding tert-OH is 1. The molecule has 0 aliphatic heterocycles. The van der Waals surface area contributed by atoms with Gasteiger partial charge in [-0.15, -0.1) is 0 Å². The molecule has 8 nitrogen and oxygen atoms in total. The first-order valence-electron chi connectivity index (χ1n) is 10.7. The smallest absolute Gasteiger partial charge is 0.209 e. The van der Waals surface area contributed by atoms with Gasteiger partial charge < -0.3 is 25.1 Å². The lowest BCUT2D eigenvalue weighted by Crippen LogP contribution is -2.33. The number of aryl methyl sites for hydroxylation is 1. The summed E-state index contributed by atoms with van der Waals surface area (Å²) < 4.78 is 10.9. The zero-order valence-corrected chi connectivity index (χ0v) is 19.0.